The number of rotatable bonds is 6. The van der Waals surface area contributed by atoms with Crippen molar-refractivity contribution in [3.8, 4) is 5.75 Å². The van der Waals surface area contributed by atoms with Crippen molar-refractivity contribution in [2.45, 2.75) is 83.5 Å². The average Bonchev–Trinajstić information content (AvgIpc) is 2.58. The second-order valence-electron chi connectivity index (χ2n) is 8.85. The Labute approximate surface area is 157 Å². The minimum absolute atomic E-state index is 0.00423. The van der Waals surface area contributed by atoms with Crippen molar-refractivity contribution in [3.05, 3.63) is 28.8 Å². The predicted octanol–water partition coefficient (Wildman–Crippen LogP) is 4.38. The summed E-state index contributed by atoms with van der Waals surface area (Å²) >= 11 is 0. The molecule has 1 aromatic carbocycles. The van der Waals surface area contributed by atoms with Crippen LogP contribution in [-0.2, 0) is 26.8 Å². The molecule has 1 aliphatic rings. The van der Waals surface area contributed by atoms with Crippen molar-refractivity contribution in [2.24, 2.45) is 0 Å². The molecule has 0 heterocycles. The number of hydrogen-bond acceptors (Lipinski definition) is 4. The van der Waals surface area contributed by atoms with Gasteiger partial charge in [-0.15, -0.1) is 0 Å². The van der Waals surface area contributed by atoms with Gasteiger partial charge < -0.3 is 14.9 Å². The lowest BCUT2D eigenvalue weighted by molar-refractivity contribution is -0.144. The monoisotopic (exact) mass is 362 g/mol. The maximum Gasteiger partial charge on any atom is 0.306 e. The van der Waals surface area contributed by atoms with Crippen molar-refractivity contribution in [1.29, 1.82) is 0 Å². The summed E-state index contributed by atoms with van der Waals surface area (Å²) in [7, 11) is 0. The summed E-state index contributed by atoms with van der Waals surface area (Å²) in [6.45, 7) is 8.47. The molecule has 2 N–H and O–H groups in total. The summed E-state index contributed by atoms with van der Waals surface area (Å²) in [5.74, 6) is 0.128. The molecular weight excluding hydrogens is 328 g/mol. The van der Waals surface area contributed by atoms with E-state index in [1.54, 1.807) is 0 Å². The van der Waals surface area contributed by atoms with E-state index in [9.17, 15) is 9.90 Å². The zero-order valence-electron chi connectivity index (χ0n) is 16.7. The molecule has 0 spiro atoms. The Morgan fingerprint density at radius 3 is 2.42 bits per heavy atom. The fourth-order valence-corrected chi connectivity index (χ4v) is 3.95. The smallest absolute Gasteiger partial charge is 0.306 e. The van der Waals surface area contributed by atoms with Crippen molar-refractivity contribution < 1.29 is 19.7 Å². The maximum absolute atomic E-state index is 11.8. The fourth-order valence-electron chi connectivity index (χ4n) is 3.95. The highest BCUT2D eigenvalue weighted by Crippen LogP contribution is 2.46. The van der Waals surface area contributed by atoms with Gasteiger partial charge in [0, 0.05) is 12.0 Å². The topological polar surface area (TPSA) is 66.8 Å². The van der Waals surface area contributed by atoms with Gasteiger partial charge in [-0.1, -0.05) is 59.1 Å². The Morgan fingerprint density at radius 2 is 1.85 bits per heavy atom. The molecule has 0 atom stereocenters. The normalized spacial score (nSPS) is 17.1. The fraction of sp³-hybridized carbons (Fsp3) is 0.682. The van der Waals surface area contributed by atoms with E-state index >= 15 is 0 Å². The van der Waals surface area contributed by atoms with Crippen molar-refractivity contribution in [2.75, 3.05) is 13.2 Å². The zero-order chi connectivity index (χ0) is 19.4. The third-order valence-electron chi connectivity index (χ3n) is 5.56. The van der Waals surface area contributed by atoms with Crippen LogP contribution in [0, 0.1) is 0 Å². The van der Waals surface area contributed by atoms with Crippen molar-refractivity contribution in [3.63, 3.8) is 0 Å². The number of aromatic hydroxyl groups is 1. The number of benzene rings is 1. The molecule has 0 aliphatic heterocycles. The number of phenolic OH excluding ortho intramolecular Hbond substituents is 1. The van der Waals surface area contributed by atoms with E-state index in [4.69, 9.17) is 9.84 Å². The van der Waals surface area contributed by atoms with E-state index in [0.29, 0.717) is 12.2 Å². The van der Waals surface area contributed by atoms with Gasteiger partial charge in [0.2, 0.25) is 0 Å². The number of carbonyl (C=O) groups is 1. The molecule has 2 rings (SSSR count). The molecule has 0 aromatic heterocycles. The minimum Gasteiger partial charge on any atom is -0.507 e. The average molecular weight is 363 g/mol. The van der Waals surface area contributed by atoms with Gasteiger partial charge in [-0.05, 0) is 41.2 Å². The summed E-state index contributed by atoms with van der Waals surface area (Å²) in [6.07, 6.45) is 6.69. The van der Waals surface area contributed by atoms with Crippen LogP contribution in [0.25, 0.3) is 0 Å². The standard InChI is InChI=1S/C22H34O4/c1-21(2,3)17-14-16(8-9-19(24)26-13-12-23)15-18(20(17)25)22(4)10-6-5-7-11-22/h14-15,23,25H,5-13H2,1-4H3. The third-order valence-corrected chi connectivity index (χ3v) is 5.56. The molecule has 4 heteroatoms. The molecule has 4 nitrogen and oxygen atoms in total. The summed E-state index contributed by atoms with van der Waals surface area (Å²) in [5.41, 5.74) is 2.87. The van der Waals surface area contributed by atoms with Gasteiger partial charge in [0.05, 0.1) is 6.61 Å². The first-order chi connectivity index (χ1) is 12.2. The van der Waals surface area contributed by atoms with Gasteiger partial charge in [-0.2, -0.15) is 0 Å². The molecule has 146 valence electrons. The first-order valence-corrected chi connectivity index (χ1v) is 9.81. The lowest BCUT2D eigenvalue weighted by Crippen LogP contribution is -2.26. The lowest BCUT2D eigenvalue weighted by atomic mass is 9.68. The number of ether oxygens (including phenoxy) is 1. The quantitative estimate of drug-likeness (QED) is 0.737. The highest BCUT2D eigenvalue weighted by Gasteiger charge is 2.34. The summed E-state index contributed by atoms with van der Waals surface area (Å²) in [5, 5.41) is 19.8. The summed E-state index contributed by atoms with van der Waals surface area (Å²) in [4.78, 5) is 11.8. The van der Waals surface area contributed by atoms with Crippen LogP contribution in [0.1, 0.15) is 82.9 Å². The predicted molar refractivity (Wildman–Crippen MR) is 104 cm³/mol. The Kier molecular flexibility index (Phi) is 6.73. The summed E-state index contributed by atoms with van der Waals surface area (Å²) in [6, 6.07) is 4.12. The highest BCUT2D eigenvalue weighted by atomic mass is 16.5. The van der Waals surface area contributed by atoms with Gasteiger partial charge in [0.15, 0.2) is 0 Å². The molecule has 1 aliphatic carbocycles. The van der Waals surface area contributed by atoms with Crippen molar-refractivity contribution >= 4 is 5.97 Å². The van der Waals surface area contributed by atoms with Crippen LogP contribution < -0.4 is 0 Å². The number of esters is 1. The summed E-state index contributed by atoms with van der Waals surface area (Å²) < 4.78 is 4.96. The highest BCUT2D eigenvalue weighted by molar-refractivity contribution is 5.69. The van der Waals surface area contributed by atoms with Crippen LogP contribution in [0.3, 0.4) is 0 Å². The van der Waals surface area contributed by atoms with Gasteiger partial charge in [-0.3, -0.25) is 4.79 Å². The Hall–Kier alpha value is -1.55. The van der Waals surface area contributed by atoms with Crippen LogP contribution in [0.2, 0.25) is 0 Å². The SMILES string of the molecule is CC(C)(C)c1cc(CCC(=O)OCCO)cc(C2(C)CCCCC2)c1O. The maximum atomic E-state index is 11.8. The Balaban J connectivity index is 2.33. The number of phenols is 1. The molecule has 0 unspecified atom stereocenters. The van der Waals surface area contributed by atoms with Crippen LogP contribution in [-0.4, -0.2) is 29.4 Å². The lowest BCUT2D eigenvalue weighted by Gasteiger charge is -2.36. The third kappa shape index (κ3) is 5.00. The molecule has 1 fully saturated rings. The van der Waals surface area contributed by atoms with E-state index in [2.05, 4.69) is 33.8 Å². The molecule has 1 aromatic rings. The Bertz CT molecular complexity index is 622. The van der Waals surface area contributed by atoms with Gasteiger partial charge in [-0.25, -0.2) is 0 Å². The number of aliphatic hydroxyl groups excluding tert-OH is 1. The molecular formula is C22H34O4. The van der Waals surface area contributed by atoms with Crippen molar-refractivity contribution in [1.82, 2.24) is 0 Å². The van der Waals surface area contributed by atoms with Gasteiger partial charge in [0.25, 0.3) is 0 Å². The van der Waals surface area contributed by atoms with Crippen LogP contribution >= 0.6 is 0 Å². The van der Waals surface area contributed by atoms with Crippen LogP contribution in [0.5, 0.6) is 5.75 Å². The largest absolute Gasteiger partial charge is 0.507 e. The van der Waals surface area contributed by atoms with Gasteiger partial charge >= 0.3 is 5.97 Å². The van der Waals surface area contributed by atoms with Crippen LogP contribution in [0.4, 0.5) is 0 Å². The molecule has 0 bridgehead atoms. The number of carbonyl (C=O) groups excluding carboxylic acids is 1. The number of aryl methyl sites for hydroxylation is 1. The number of hydrogen-bond donors (Lipinski definition) is 2. The van der Waals surface area contributed by atoms with Gasteiger partial charge in [0.1, 0.15) is 12.4 Å². The number of aliphatic hydroxyl groups is 1. The molecule has 0 radical (unpaired) electrons. The van der Waals surface area contributed by atoms with Crippen LogP contribution in [0.15, 0.2) is 12.1 Å². The molecule has 0 amide bonds. The van der Waals surface area contributed by atoms with E-state index in [1.165, 1.54) is 19.3 Å². The molecule has 1 saturated carbocycles. The first kappa shape index (κ1) is 20.8. The van der Waals surface area contributed by atoms with E-state index in [1.807, 2.05) is 6.07 Å². The zero-order valence-corrected chi connectivity index (χ0v) is 16.7. The second kappa shape index (κ2) is 8.43. The molecule has 26 heavy (non-hydrogen) atoms. The molecule has 0 saturated heterocycles. The Morgan fingerprint density at radius 1 is 1.19 bits per heavy atom. The second-order valence-corrected chi connectivity index (χ2v) is 8.85. The van der Waals surface area contributed by atoms with E-state index in [0.717, 1.165) is 29.5 Å². The van der Waals surface area contributed by atoms with E-state index < -0.39 is 0 Å². The minimum atomic E-state index is -0.296. The first-order valence-electron chi connectivity index (χ1n) is 9.81. The van der Waals surface area contributed by atoms with E-state index in [-0.39, 0.29) is 36.4 Å².